The third kappa shape index (κ3) is 5.14. The van der Waals surface area contributed by atoms with Crippen molar-refractivity contribution < 1.29 is 19.4 Å². The fourth-order valence-electron chi connectivity index (χ4n) is 5.28. The van der Waals surface area contributed by atoms with E-state index in [0.29, 0.717) is 30.2 Å². The number of ether oxygens (including phenoxy) is 2. The Kier molecular flexibility index (Phi) is 6.61. The van der Waals surface area contributed by atoms with Crippen molar-refractivity contribution in [2.45, 2.75) is 32.9 Å². The summed E-state index contributed by atoms with van der Waals surface area (Å²) < 4.78 is 12.1. The van der Waals surface area contributed by atoms with Crippen molar-refractivity contribution in [1.82, 2.24) is 0 Å². The molecule has 6 nitrogen and oxygen atoms in total. The van der Waals surface area contributed by atoms with Crippen LogP contribution in [0.15, 0.2) is 88.3 Å². The predicted octanol–water partition coefficient (Wildman–Crippen LogP) is 6.50. The lowest BCUT2D eigenvalue weighted by atomic mass is 9.99. The van der Waals surface area contributed by atoms with Crippen molar-refractivity contribution in [3.63, 3.8) is 0 Å². The molecule has 39 heavy (non-hydrogen) atoms. The largest absolute Gasteiger partial charge is 0.508 e. The summed E-state index contributed by atoms with van der Waals surface area (Å²) in [6, 6.07) is 24.4. The molecule has 0 unspecified atom stereocenters. The third-order valence-electron chi connectivity index (χ3n) is 6.97. The molecule has 1 N–H and O–H groups in total. The molecule has 2 aliphatic rings. The third-order valence-corrected chi connectivity index (χ3v) is 7.47. The maximum Gasteiger partial charge on any atom is 0.252 e. The number of anilines is 1. The average Bonchev–Trinajstić information content (AvgIpc) is 3.34. The Labute approximate surface area is 235 Å². The summed E-state index contributed by atoms with van der Waals surface area (Å²) in [5, 5.41) is 9.79. The number of benzene rings is 4. The van der Waals surface area contributed by atoms with Crippen LogP contribution in [0.25, 0.3) is 0 Å². The highest BCUT2D eigenvalue weighted by Gasteiger charge is 2.33. The second-order valence-corrected chi connectivity index (χ2v) is 10.9. The van der Waals surface area contributed by atoms with Crippen LogP contribution in [0.5, 0.6) is 17.2 Å². The molecular weight excluding hydrogens is 556 g/mol. The first-order valence-corrected chi connectivity index (χ1v) is 13.6. The number of phenolic OH excluding ortho intramolecular Hbond substituents is 1. The smallest absolute Gasteiger partial charge is 0.252 e. The minimum Gasteiger partial charge on any atom is -0.508 e. The molecule has 2 aliphatic heterocycles. The lowest BCUT2D eigenvalue weighted by Crippen LogP contribution is -2.38. The van der Waals surface area contributed by atoms with Gasteiger partial charge < -0.3 is 19.5 Å². The van der Waals surface area contributed by atoms with Crippen LogP contribution >= 0.6 is 15.9 Å². The van der Waals surface area contributed by atoms with Crippen molar-refractivity contribution in [2.75, 3.05) is 11.7 Å². The van der Waals surface area contributed by atoms with Gasteiger partial charge in [0.25, 0.3) is 5.91 Å². The number of nitrogens with zero attached hydrogens (tertiary/aromatic N) is 2. The number of carbonyl (C=O) groups is 1. The summed E-state index contributed by atoms with van der Waals surface area (Å²) in [4.78, 5) is 21.3. The lowest BCUT2D eigenvalue weighted by molar-refractivity contribution is -0.119. The molecule has 0 saturated carbocycles. The van der Waals surface area contributed by atoms with Crippen LogP contribution in [-0.4, -0.2) is 29.6 Å². The Bertz CT molecular complexity index is 1590. The molecule has 0 saturated heterocycles. The fraction of sp³-hybridized carbons (Fsp3) is 0.188. The molecule has 0 fully saturated rings. The first-order chi connectivity index (χ1) is 18.8. The van der Waals surface area contributed by atoms with Gasteiger partial charge in [0.1, 0.15) is 11.8 Å². The fourth-order valence-corrected chi connectivity index (χ4v) is 5.64. The number of aryl methyl sites for hydroxylation is 2. The second-order valence-electron chi connectivity index (χ2n) is 10.0. The van der Waals surface area contributed by atoms with E-state index in [0.717, 1.165) is 43.5 Å². The first kappa shape index (κ1) is 25.2. The molecule has 196 valence electrons. The molecule has 6 rings (SSSR count). The summed E-state index contributed by atoms with van der Waals surface area (Å²) in [7, 11) is 0. The van der Waals surface area contributed by atoms with E-state index in [1.165, 1.54) is 0 Å². The van der Waals surface area contributed by atoms with Gasteiger partial charge in [-0.3, -0.25) is 9.79 Å². The van der Waals surface area contributed by atoms with E-state index in [-0.39, 0.29) is 18.4 Å². The topological polar surface area (TPSA) is 71.4 Å². The van der Waals surface area contributed by atoms with Gasteiger partial charge in [0, 0.05) is 22.0 Å². The molecule has 0 spiro atoms. The lowest BCUT2D eigenvalue weighted by Gasteiger charge is -2.26. The van der Waals surface area contributed by atoms with Crippen molar-refractivity contribution in [2.24, 2.45) is 4.99 Å². The quantitative estimate of drug-likeness (QED) is 0.292. The molecule has 7 heteroatoms. The van der Waals surface area contributed by atoms with Gasteiger partial charge in [-0.05, 0) is 73.5 Å². The SMILES string of the molecule is Cc1cc(C)cc(CN2C(=O)[C@H](Cc3ccc(O)cc3)N=C(c3ccc4c(c3)OCO4)c3cc(Br)ccc32)c1. The molecule has 0 bridgehead atoms. The number of aromatic hydroxyl groups is 1. The summed E-state index contributed by atoms with van der Waals surface area (Å²) >= 11 is 3.64. The average molecular weight is 583 g/mol. The number of carbonyl (C=O) groups excluding carboxylic acids is 1. The number of rotatable bonds is 5. The zero-order valence-corrected chi connectivity index (χ0v) is 23.2. The monoisotopic (exact) mass is 582 g/mol. The van der Waals surface area contributed by atoms with Crippen molar-refractivity contribution in [1.29, 1.82) is 0 Å². The number of hydrogen-bond acceptors (Lipinski definition) is 5. The van der Waals surface area contributed by atoms with E-state index in [1.807, 2.05) is 53.4 Å². The number of amides is 1. The van der Waals surface area contributed by atoms with E-state index < -0.39 is 6.04 Å². The Hall–Kier alpha value is -4.10. The van der Waals surface area contributed by atoms with Crippen LogP contribution in [0.3, 0.4) is 0 Å². The van der Waals surface area contributed by atoms with Crippen LogP contribution in [0.4, 0.5) is 5.69 Å². The van der Waals surface area contributed by atoms with Crippen molar-refractivity contribution >= 4 is 33.2 Å². The van der Waals surface area contributed by atoms with Gasteiger partial charge >= 0.3 is 0 Å². The van der Waals surface area contributed by atoms with Gasteiger partial charge in [-0.25, -0.2) is 0 Å². The molecule has 4 aromatic carbocycles. The van der Waals surface area contributed by atoms with Crippen LogP contribution in [0, 0.1) is 13.8 Å². The highest BCUT2D eigenvalue weighted by Crippen LogP contribution is 2.37. The van der Waals surface area contributed by atoms with E-state index in [1.54, 1.807) is 12.1 Å². The summed E-state index contributed by atoms with van der Waals surface area (Å²) in [6.07, 6.45) is 0.395. The van der Waals surface area contributed by atoms with E-state index in [4.69, 9.17) is 14.5 Å². The van der Waals surface area contributed by atoms with E-state index >= 15 is 0 Å². The number of aliphatic imine (C=N–C) groups is 1. The predicted molar refractivity (Wildman–Crippen MR) is 155 cm³/mol. The van der Waals surface area contributed by atoms with Crippen LogP contribution < -0.4 is 14.4 Å². The molecular formula is C32H27BrN2O4. The number of phenols is 1. The Morgan fingerprint density at radius 1 is 0.897 bits per heavy atom. The maximum atomic E-state index is 14.3. The molecule has 1 amide bonds. The van der Waals surface area contributed by atoms with Crippen LogP contribution in [-0.2, 0) is 17.8 Å². The van der Waals surface area contributed by atoms with E-state index in [9.17, 15) is 9.90 Å². The highest BCUT2D eigenvalue weighted by atomic mass is 79.9. The van der Waals surface area contributed by atoms with E-state index in [2.05, 4.69) is 48.0 Å². The number of hydrogen-bond donors (Lipinski definition) is 1. The van der Waals surface area contributed by atoms with Crippen LogP contribution in [0.2, 0.25) is 0 Å². The zero-order chi connectivity index (χ0) is 27.1. The first-order valence-electron chi connectivity index (χ1n) is 12.8. The number of halogens is 1. The minimum atomic E-state index is -0.674. The number of fused-ring (bicyclic) bond motifs is 2. The molecule has 4 aromatic rings. The Morgan fingerprint density at radius 2 is 1.64 bits per heavy atom. The van der Waals surface area contributed by atoms with Gasteiger partial charge in [0.2, 0.25) is 6.79 Å². The summed E-state index contributed by atoms with van der Waals surface area (Å²) in [5.74, 6) is 1.45. The Morgan fingerprint density at radius 3 is 2.41 bits per heavy atom. The summed E-state index contributed by atoms with van der Waals surface area (Å²) in [5.41, 5.74) is 7.49. The van der Waals surface area contributed by atoms with Gasteiger partial charge in [-0.2, -0.15) is 0 Å². The normalized spacial score (nSPS) is 16.1. The molecule has 2 heterocycles. The van der Waals surface area contributed by atoms with Gasteiger partial charge in [0.05, 0.1) is 17.9 Å². The highest BCUT2D eigenvalue weighted by molar-refractivity contribution is 9.10. The minimum absolute atomic E-state index is 0.0819. The maximum absolute atomic E-state index is 14.3. The van der Waals surface area contributed by atoms with Gasteiger partial charge in [0.15, 0.2) is 11.5 Å². The number of benzodiazepines with no additional fused rings is 1. The van der Waals surface area contributed by atoms with Gasteiger partial charge in [-0.15, -0.1) is 0 Å². The molecule has 0 aromatic heterocycles. The summed E-state index contributed by atoms with van der Waals surface area (Å²) in [6.45, 7) is 4.74. The molecule has 0 radical (unpaired) electrons. The van der Waals surface area contributed by atoms with Crippen molar-refractivity contribution in [3.05, 3.63) is 117 Å². The molecule has 0 aliphatic carbocycles. The van der Waals surface area contributed by atoms with Gasteiger partial charge in [-0.1, -0.05) is 57.4 Å². The Balaban J connectivity index is 1.51. The zero-order valence-electron chi connectivity index (χ0n) is 21.6. The molecule has 1 atom stereocenters. The van der Waals surface area contributed by atoms with Crippen molar-refractivity contribution in [3.8, 4) is 17.2 Å². The van der Waals surface area contributed by atoms with Crippen LogP contribution in [0.1, 0.15) is 33.4 Å². The second kappa shape index (κ2) is 10.2. The standard InChI is InChI=1S/C32H27BrN2O4/c1-19-11-20(2)13-22(12-19)17-35-28-9-6-24(33)16-26(28)31(23-5-10-29-30(15-23)39-18-38-29)34-27(32(35)37)14-21-3-7-25(36)8-4-21/h3-13,15-16,27,36H,14,17-18H2,1-2H3/t27-/m0/s1.